The molecule has 0 aromatic rings. The number of ether oxygens (including phenoxy) is 1. The molecule has 0 bridgehead atoms. The second kappa shape index (κ2) is 5.05. The van der Waals surface area contributed by atoms with Crippen molar-refractivity contribution < 1.29 is 9.53 Å². The van der Waals surface area contributed by atoms with Crippen LogP contribution in [0.2, 0.25) is 0 Å². The van der Waals surface area contributed by atoms with Crippen molar-refractivity contribution in [2.45, 2.75) is 47.1 Å². The van der Waals surface area contributed by atoms with Gasteiger partial charge in [-0.2, -0.15) is 0 Å². The van der Waals surface area contributed by atoms with E-state index in [0.717, 1.165) is 6.42 Å². The lowest BCUT2D eigenvalue weighted by molar-refractivity contribution is -0.148. The lowest BCUT2D eigenvalue weighted by Gasteiger charge is -2.28. The summed E-state index contributed by atoms with van der Waals surface area (Å²) in [6.07, 6.45) is 4.00. The van der Waals surface area contributed by atoms with Gasteiger partial charge in [0.1, 0.15) is 6.10 Å². The van der Waals surface area contributed by atoms with Crippen molar-refractivity contribution in [3.8, 4) is 0 Å². The molecule has 76 valence electrons. The van der Waals surface area contributed by atoms with Crippen molar-refractivity contribution in [2.24, 2.45) is 5.41 Å². The maximum Gasteiger partial charge on any atom is 0.330 e. The fourth-order valence-corrected chi connectivity index (χ4v) is 1.19. The summed E-state index contributed by atoms with van der Waals surface area (Å²) in [7, 11) is 0. The summed E-state index contributed by atoms with van der Waals surface area (Å²) in [5, 5.41) is 0. The highest BCUT2D eigenvalue weighted by Gasteiger charge is 2.25. The summed E-state index contributed by atoms with van der Waals surface area (Å²) in [5.74, 6) is -0.246. The fourth-order valence-electron chi connectivity index (χ4n) is 1.19. The molecule has 0 aromatic carbocycles. The monoisotopic (exact) mass is 184 g/mol. The van der Waals surface area contributed by atoms with Gasteiger partial charge >= 0.3 is 5.97 Å². The third kappa shape index (κ3) is 4.71. The predicted octanol–water partition coefficient (Wildman–Crippen LogP) is 2.93. The van der Waals surface area contributed by atoms with E-state index in [1.165, 1.54) is 6.08 Å². The van der Waals surface area contributed by atoms with Gasteiger partial charge in [-0.15, -0.1) is 0 Å². The molecular formula is C11H20O2. The second-order valence-corrected chi connectivity index (χ2v) is 4.20. The van der Waals surface area contributed by atoms with Crippen molar-refractivity contribution in [3.05, 3.63) is 12.2 Å². The predicted molar refractivity (Wildman–Crippen MR) is 54.4 cm³/mol. The van der Waals surface area contributed by atoms with Crippen LogP contribution < -0.4 is 0 Å². The van der Waals surface area contributed by atoms with Crippen molar-refractivity contribution in [1.29, 1.82) is 0 Å². The van der Waals surface area contributed by atoms with Crippen LogP contribution in [0.15, 0.2) is 12.2 Å². The first-order valence-electron chi connectivity index (χ1n) is 4.75. The van der Waals surface area contributed by atoms with Crippen molar-refractivity contribution in [1.82, 2.24) is 0 Å². The van der Waals surface area contributed by atoms with Crippen LogP contribution in [0.5, 0.6) is 0 Å². The highest BCUT2D eigenvalue weighted by Crippen LogP contribution is 2.24. The number of carbonyl (C=O) groups excluding carboxylic acids is 1. The smallest absolute Gasteiger partial charge is 0.330 e. The molecule has 0 amide bonds. The van der Waals surface area contributed by atoms with Crippen molar-refractivity contribution >= 4 is 5.97 Å². The van der Waals surface area contributed by atoms with Gasteiger partial charge < -0.3 is 4.74 Å². The van der Waals surface area contributed by atoms with E-state index >= 15 is 0 Å². The Balaban J connectivity index is 4.22. The van der Waals surface area contributed by atoms with E-state index < -0.39 is 0 Å². The van der Waals surface area contributed by atoms with Crippen LogP contribution in [0.3, 0.4) is 0 Å². The maximum atomic E-state index is 11.2. The normalized spacial score (nSPS) is 14.5. The summed E-state index contributed by atoms with van der Waals surface area (Å²) in [4.78, 5) is 11.2. The Bertz CT molecular complexity index is 187. The third-order valence-corrected chi connectivity index (χ3v) is 1.90. The van der Waals surface area contributed by atoms with Gasteiger partial charge in [-0.3, -0.25) is 0 Å². The zero-order chi connectivity index (χ0) is 10.5. The van der Waals surface area contributed by atoms with Gasteiger partial charge in [-0.1, -0.05) is 33.8 Å². The molecule has 0 fully saturated rings. The van der Waals surface area contributed by atoms with Gasteiger partial charge in [0.2, 0.25) is 0 Å². The van der Waals surface area contributed by atoms with Crippen LogP contribution in [-0.2, 0) is 9.53 Å². The Morgan fingerprint density at radius 3 is 2.31 bits per heavy atom. The van der Waals surface area contributed by atoms with Crippen LogP contribution in [0, 0.1) is 5.41 Å². The Morgan fingerprint density at radius 2 is 2.00 bits per heavy atom. The van der Waals surface area contributed by atoms with Gasteiger partial charge in [-0.25, -0.2) is 4.79 Å². The molecule has 13 heavy (non-hydrogen) atoms. The largest absolute Gasteiger partial charge is 0.459 e. The van der Waals surface area contributed by atoms with E-state index in [1.54, 1.807) is 13.0 Å². The molecule has 0 saturated heterocycles. The molecule has 1 unspecified atom stereocenters. The average Bonchev–Trinajstić information content (AvgIpc) is 1.98. The molecule has 0 aliphatic carbocycles. The molecule has 1 atom stereocenters. The maximum absolute atomic E-state index is 11.2. The number of hydrogen-bond donors (Lipinski definition) is 0. The number of hydrogen-bond acceptors (Lipinski definition) is 2. The zero-order valence-corrected chi connectivity index (χ0v) is 9.26. The first kappa shape index (κ1) is 12.2. The second-order valence-electron chi connectivity index (χ2n) is 4.20. The van der Waals surface area contributed by atoms with E-state index in [4.69, 9.17) is 4.74 Å². The molecule has 0 radical (unpaired) electrons. The summed E-state index contributed by atoms with van der Waals surface area (Å²) >= 11 is 0. The van der Waals surface area contributed by atoms with Crippen molar-refractivity contribution in [3.63, 3.8) is 0 Å². The van der Waals surface area contributed by atoms with Gasteiger partial charge in [0.15, 0.2) is 0 Å². The minimum Gasteiger partial charge on any atom is -0.459 e. The average molecular weight is 184 g/mol. The quantitative estimate of drug-likeness (QED) is 0.498. The first-order valence-corrected chi connectivity index (χ1v) is 4.75. The molecule has 0 aliphatic heterocycles. The molecular weight excluding hydrogens is 164 g/mol. The lowest BCUT2D eigenvalue weighted by Crippen LogP contribution is -2.30. The highest BCUT2D eigenvalue weighted by atomic mass is 16.5. The summed E-state index contributed by atoms with van der Waals surface area (Å²) < 4.78 is 5.28. The Kier molecular flexibility index (Phi) is 4.74. The zero-order valence-electron chi connectivity index (χ0n) is 9.26. The number of rotatable bonds is 3. The van der Waals surface area contributed by atoms with Crippen LogP contribution in [-0.4, -0.2) is 12.1 Å². The highest BCUT2D eigenvalue weighted by molar-refractivity contribution is 5.81. The molecule has 0 N–H and O–H groups in total. The van der Waals surface area contributed by atoms with Crippen LogP contribution >= 0.6 is 0 Å². The van der Waals surface area contributed by atoms with Crippen molar-refractivity contribution in [2.75, 3.05) is 0 Å². The van der Waals surface area contributed by atoms with Crippen LogP contribution in [0.1, 0.15) is 41.0 Å². The molecule has 0 spiro atoms. The summed E-state index contributed by atoms with van der Waals surface area (Å²) in [6, 6.07) is 0. The van der Waals surface area contributed by atoms with E-state index in [1.807, 2.05) is 6.92 Å². The topological polar surface area (TPSA) is 26.3 Å². The Hall–Kier alpha value is -0.790. The third-order valence-electron chi connectivity index (χ3n) is 1.90. The van der Waals surface area contributed by atoms with E-state index in [0.29, 0.717) is 0 Å². The molecule has 0 saturated carbocycles. The lowest BCUT2D eigenvalue weighted by atomic mass is 9.87. The van der Waals surface area contributed by atoms with Gasteiger partial charge in [-0.05, 0) is 18.8 Å². The Labute approximate surface area is 81.0 Å². The number of esters is 1. The fraction of sp³-hybridized carbons (Fsp3) is 0.727. The first-order chi connectivity index (χ1) is 5.91. The summed E-state index contributed by atoms with van der Waals surface area (Å²) in [6.45, 7) is 10.1. The molecule has 0 heterocycles. The molecule has 2 heteroatoms. The minimum atomic E-state index is -0.246. The SMILES string of the molecule is C/C=C/C(=O)OC(CC)C(C)(C)C. The van der Waals surface area contributed by atoms with E-state index in [-0.39, 0.29) is 17.5 Å². The molecule has 2 nitrogen and oxygen atoms in total. The molecule has 0 aromatic heterocycles. The van der Waals surface area contributed by atoms with Crippen LogP contribution in [0.4, 0.5) is 0 Å². The van der Waals surface area contributed by atoms with Crippen LogP contribution in [0.25, 0.3) is 0 Å². The number of allylic oxidation sites excluding steroid dienone is 1. The number of carbonyl (C=O) groups is 1. The van der Waals surface area contributed by atoms with Gasteiger partial charge in [0.05, 0.1) is 0 Å². The molecule has 0 rings (SSSR count). The molecule has 0 aliphatic rings. The van der Waals surface area contributed by atoms with E-state index in [2.05, 4.69) is 20.8 Å². The minimum absolute atomic E-state index is 0.00352. The summed E-state index contributed by atoms with van der Waals surface area (Å²) in [5.41, 5.74) is 0.0198. The van der Waals surface area contributed by atoms with Gasteiger partial charge in [0, 0.05) is 6.08 Å². The Morgan fingerprint density at radius 1 is 1.46 bits per heavy atom. The van der Waals surface area contributed by atoms with Gasteiger partial charge in [0.25, 0.3) is 0 Å². The van der Waals surface area contributed by atoms with E-state index in [9.17, 15) is 4.79 Å². The standard InChI is InChI=1S/C11H20O2/c1-6-8-10(12)13-9(7-2)11(3,4)5/h6,8-9H,7H2,1-5H3/b8-6+.